The lowest BCUT2D eigenvalue weighted by Gasteiger charge is -2.35. The summed E-state index contributed by atoms with van der Waals surface area (Å²) in [5, 5.41) is 0. The van der Waals surface area contributed by atoms with E-state index >= 15 is 0 Å². The number of halogens is 1. The Morgan fingerprint density at radius 2 is 1.55 bits per heavy atom. The van der Waals surface area contributed by atoms with Crippen LogP contribution in [-0.2, 0) is 6.54 Å². The van der Waals surface area contributed by atoms with Crippen molar-refractivity contribution in [2.75, 3.05) is 31.1 Å². The molecular formula is C16H20ClN3. The molecule has 1 saturated heterocycles. The normalized spacial score (nSPS) is 15.7. The highest BCUT2D eigenvalue weighted by atomic mass is 35.5. The molecule has 2 aromatic rings. The van der Waals surface area contributed by atoms with Gasteiger partial charge in [-0.2, -0.15) is 0 Å². The lowest BCUT2D eigenvalue weighted by atomic mass is 10.2. The number of piperazine rings is 1. The zero-order valence-electron chi connectivity index (χ0n) is 11.5. The van der Waals surface area contributed by atoms with E-state index in [9.17, 15) is 0 Å². The molecule has 0 amide bonds. The van der Waals surface area contributed by atoms with Gasteiger partial charge in [-0.25, -0.2) is 4.98 Å². The molecule has 0 N–H and O–H groups in total. The molecule has 2 heterocycles. The van der Waals surface area contributed by atoms with E-state index in [1.807, 2.05) is 12.3 Å². The van der Waals surface area contributed by atoms with E-state index in [0.29, 0.717) is 0 Å². The lowest BCUT2D eigenvalue weighted by Crippen LogP contribution is -2.46. The minimum Gasteiger partial charge on any atom is -0.354 e. The molecule has 0 unspecified atom stereocenters. The van der Waals surface area contributed by atoms with Crippen LogP contribution in [0.5, 0.6) is 0 Å². The Morgan fingerprint density at radius 3 is 2.20 bits per heavy atom. The molecule has 0 aliphatic carbocycles. The summed E-state index contributed by atoms with van der Waals surface area (Å²) in [6, 6.07) is 16.8. The van der Waals surface area contributed by atoms with Crippen molar-refractivity contribution in [2.45, 2.75) is 6.54 Å². The Hall–Kier alpha value is -1.58. The van der Waals surface area contributed by atoms with Gasteiger partial charge in [-0.1, -0.05) is 36.4 Å². The van der Waals surface area contributed by atoms with Crippen LogP contribution in [0.3, 0.4) is 0 Å². The number of pyridine rings is 1. The summed E-state index contributed by atoms with van der Waals surface area (Å²) in [6.07, 6.45) is 1.87. The van der Waals surface area contributed by atoms with Gasteiger partial charge in [0.1, 0.15) is 5.82 Å². The molecule has 1 aromatic carbocycles. The average Bonchev–Trinajstić information content (AvgIpc) is 2.50. The number of aromatic nitrogens is 1. The van der Waals surface area contributed by atoms with Gasteiger partial charge in [-0.05, 0) is 17.7 Å². The van der Waals surface area contributed by atoms with E-state index in [0.717, 1.165) is 38.5 Å². The Morgan fingerprint density at radius 1 is 0.850 bits per heavy atom. The molecule has 4 heteroatoms. The topological polar surface area (TPSA) is 19.4 Å². The second-order valence-corrected chi connectivity index (χ2v) is 4.94. The number of nitrogens with zero attached hydrogens (tertiary/aromatic N) is 3. The zero-order valence-corrected chi connectivity index (χ0v) is 12.3. The standard InChI is InChI=1S/C16H19N3.ClH/c1-2-6-15(7-3-1)14-18-10-12-19(13-11-18)16-8-4-5-9-17-16;/h1-9H,10-14H2;1H. The number of rotatable bonds is 3. The van der Waals surface area contributed by atoms with E-state index in [1.54, 1.807) is 0 Å². The summed E-state index contributed by atoms with van der Waals surface area (Å²) < 4.78 is 0. The highest BCUT2D eigenvalue weighted by molar-refractivity contribution is 5.85. The highest BCUT2D eigenvalue weighted by Gasteiger charge is 2.17. The van der Waals surface area contributed by atoms with Gasteiger partial charge in [0.15, 0.2) is 0 Å². The van der Waals surface area contributed by atoms with Crippen molar-refractivity contribution in [3.8, 4) is 0 Å². The molecule has 3 nitrogen and oxygen atoms in total. The molecule has 0 radical (unpaired) electrons. The second-order valence-electron chi connectivity index (χ2n) is 4.94. The van der Waals surface area contributed by atoms with Crippen molar-refractivity contribution in [1.29, 1.82) is 0 Å². The van der Waals surface area contributed by atoms with Crippen LogP contribution < -0.4 is 4.90 Å². The Bertz CT molecular complexity index is 496. The molecule has 0 atom stereocenters. The molecule has 1 fully saturated rings. The van der Waals surface area contributed by atoms with Crippen molar-refractivity contribution in [3.05, 3.63) is 60.3 Å². The van der Waals surface area contributed by atoms with E-state index < -0.39 is 0 Å². The smallest absolute Gasteiger partial charge is 0.128 e. The maximum atomic E-state index is 4.42. The van der Waals surface area contributed by atoms with Gasteiger partial charge in [0.25, 0.3) is 0 Å². The maximum Gasteiger partial charge on any atom is 0.128 e. The number of hydrogen-bond acceptors (Lipinski definition) is 3. The fourth-order valence-corrected chi connectivity index (χ4v) is 2.52. The van der Waals surface area contributed by atoms with Crippen LogP contribution in [0.4, 0.5) is 5.82 Å². The van der Waals surface area contributed by atoms with Crippen molar-refractivity contribution >= 4 is 18.2 Å². The molecule has 0 spiro atoms. The fraction of sp³-hybridized carbons (Fsp3) is 0.312. The minimum atomic E-state index is 0. The summed E-state index contributed by atoms with van der Waals surface area (Å²) >= 11 is 0. The number of hydrogen-bond donors (Lipinski definition) is 0. The van der Waals surface area contributed by atoms with E-state index in [1.165, 1.54) is 5.56 Å². The molecular weight excluding hydrogens is 270 g/mol. The van der Waals surface area contributed by atoms with Gasteiger partial charge >= 0.3 is 0 Å². The summed E-state index contributed by atoms with van der Waals surface area (Å²) in [5.74, 6) is 1.10. The van der Waals surface area contributed by atoms with Crippen molar-refractivity contribution in [1.82, 2.24) is 9.88 Å². The quantitative estimate of drug-likeness (QED) is 0.866. The third-order valence-electron chi connectivity index (χ3n) is 3.59. The highest BCUT2D eigenvalue weighted by Crippen LogP contribution is 2.14. The van der Waals surface area contributed by atoms with Crippen LogP contribution in [0.25, 0.3) is 0 Å². The fourth-order valence-electron chi connectivity index (χ4n) is 2.52. The first-order valence-electron chi connectivity index (χ1n) is 6.84. The molecule has 0 bridgehead atoms. The summed E-state index contributed by atoms with van der Waals surface area (Å²) in [6.45, 7) is 5.38. The Labute approximate surface area is 126 Å². The number of benzene rings is 1. The van der Waals surface area contributed by atoms with Crippen LogP contribution >= 0.6 is 12.4 Å². The average molecular weight is 290 g/mol. The lowest BCUT2D eigenvalue weighted by molar-refractivity contribution is 0.249. The van der Waals surface area contributed by atoms with Gasteiger partial charge in [-0.3, -0.25) is 4.90 Å². The molecule has 3 rings (SSSR count). The first-order valence-corrected chi connectivity index (χ1v) is 6.84. The third kappa shape index (κ3) is 3.71. The predicted molar refractivity (Wildman–Crippen MR) is 85.4 cm³/mol. The zero-order chi connectivity index (χ0) is 12.9. The molecule has 20 heavy (non-hydrogen) atoms. The van der Waals surface area contributed by atoms with Crippen LogP contribution in [0.15, 0.2) is 54.7 Å². The molecule has 1 aromatic heterocycles. The molecule has 1 aliphatic rings. The van der Waals surface area contributed by atoms with Gasteiger partial charge in [0.2, 0.25) is 0 Å². The monoisotopic (exact) mass is 289 g/mol. The van der Waals surface area contributed by atoms with E-state index in [2.05, 4.69) is 57.2 Å². The summed E-state index contributed by atoms with van der Waals surface area (Å²) in [4.78, 5) is 9.29. The van der Waals surface area contributed by atoms with Crippen LogP contribution in [0.1, 0.15) is 5.56 Å². The SMILES string of the molecule is Cl.c1ccc(CN2CCN(c3ccccn3)CC2)cc1. The van der Waals surface area contributed by atoms with Crippen molar-refractivity contribution in [2.24, 2.45) is 0 Å². The summed E-state index contributed by atoms with van der Waals surface area (Å²) in [5.41, 5.74) is 1.40. The van der Waals surface area contributed by atoms with Crippen LogP contribution in [-0.4, -0.2) is 36.1 Å². The third-order valence-corrected chi connectivity index (χ3v) is 3.59. The van der Waals surface area contributed by atoms with Crippen LogP contribution in [0, 0.1) is 0 Å². The van der Waals surface area contributed by atoms with Gasteiger partial charge in [-0.15, -0.1) is 12.4 Å². The molecule has 106 valence electrons. The van der Waals surface area contributed by atoms with Gasteiger partial charge in [0.05, 0.1) is 0 Å². The molecule has 0 saturated carbocycles. The first kappa shape index (κ1) is 14.8. The summed E-state index contributed by atoms with van der Waals surface area (Å²) in [7, 11) is 0. The van der Waals surface area contributed by atoms with E-state index in [4.69, 9.17) is 0 Å². The van der Waals surface area contributed by atoms with Gasteiger partial charge in [0, 0.05) is 38.9 Å². The molecule has 1 aliphatic heterocycles. The Balaban J connectivity index is 0.00000147. The largest absolute Gasteiger partial charge is 0.354 e. The van der Waals surface area contributed by atoms with E-state index in [-0.39, 0.29) is 12.4 Å². The van der Waals surface area contributed by atoms with Crippen LogP contribution in [0.2, 0.25) is 0 Å². The van der Waals surface area contributed by atoms with Gasteiger partial charge < -0.3 is 4.90 Å². The Kier molecular flexibility index (Phi) is 5.39. The number of anilines is 1. The maximum absolute atomic E-state index is 4.42. The predicted octanol–water partition coefficient (Wildman–Crippen LogP) is 2.83. The minimum absolute atomic E-state index is 0. The second kappa shape index (κ2) is 7.27. The van der Waals surface area contributed by atoms with Crippen molar-refractivity contribution < 1.29 is 0 Å². The van der Waals surface area contributed by atoms with Crippen molar-refractivity contribution in [3.63, 3.8) is 0 Å². The first-order chi connectivity index (χ1) is 9.42.